The number of amides is 3. The summed E-state index contributed by atoms with van der Waals surface area (Å²) >= 11 is 0. The number of nitrogens with zero attached hydrogens (tertiary/aromatic N) is 1. The molecule has 38 heavy (non-hydrogen) atoms. The van der Waals surface area contributed by atoms with Crippen LogP contribution < -0.4 is 16.0 Å². The smallest absolute Gasteiger partial charge is 0.406 e. The Kier molecular flexibility index (Phi) is 12.0. The summed E-state index contributed by atoms with van der Waals surface area (Å²) in [4.78, 5) is 26.3. The predicted molar refractivity (Wildman–Crippen MR) is 137 cm³/mol. The molecule has 0 spiro atoms. The second-order valence-electron chi connectivity index (χ2n) is 10.3. The fourth-order valence-electron chi connectivity index (χ4n) is 5.63. The molecule has 0 radical (unpaired) electrons. The highest BCUT2D eigenvalue weighted by Gasteiger charge is 2.33. The van der Waals surface area contributed by atoms with E-state index in [2.05, 4.69) is 20.7 Å². The number of rotatable bonds is 11. The van der Waals surface area contributed by atoms with Crippen molar-refractivity contribution < 1.29 is 32.2 Å². The van der Waals surface area contributed by atoms with Crippen LogP contribution in [-0.4, -0.2) is 70.0 Å². The molecule has 3 amide bonds. The van der Waals surface area contributed by atoms with Crippen LogP contribution in [0.3, 0.4) is 0 Å². The molecular formula is C27H41F3N4O4. The summed E-state index contributed by atoms with van der Waals surface area (Å²) in [7, 11) is 3.11. The number of hydrogen-bond acceptors (Lipinski definition) is 5. The number of nitrogens with one attached hydrogen (secondary N) is 3. The highest BCUT2D eigenvalue weighted by molar-refractivity contribution is 5.74. The zero-order valence-electron chi connectivity index (χ0n) is 22.4. The minimum Gasteiger partial charge on any atom is -0.453 e. The summed E-state index contributed by atoms with van der Waals surface area (Å²) in [6.45, 7) is 1.69. The summed E-state index contributed by atoms with van der Waals surface area (Å²) in [5.41, 5.74) is 0.150. The molecule has 8 nitrogen and oxygen atoms in total. The minimum absolute atomic E-state index is 0.00714. The van der Waals surface area contributed by atoms with Crippen LogP contribution in [0.25, 0.3) is 0 Å². The average molecular weight is 543 g/mol. The van der Waals surface area contributed by atoms with Gasteiger partial charge in [0.15, 0.2) is 17.5 Å². The Hall–Kier alpha value is -2.53. The predicted octanol–water partition coefficient (Wildman–Crippen LogP) is 4.50. The molecular weight excluding hydrogens is 501 g/mol. The summed E-state index contributed by atoms with van der Waals surface area (Å²) in [5, 5.41) is 8.85. The Morgan fingerprint density at radius 1 is 1.08 bits per heavy atom. The van der Waals surface area contributed by atoms with Gasteiger partial charge in [0, 0.05) is 38.1 Å². The third kappa shape index (κ3) is 8.76. The van der Waals surface area contributed by atoms with E-state index in [0.29, 0.717) is 38.4 Å². The Morgan fingerprint density at radius 3 is 2.45 bits per heavy atom. The lowest BCUT2D eigenvalue weighted by molar-refractivity contribution is -0.00905. The standard InChI is InChI=1S/C27H41F3N4O4/c1-31-16-21(13-18-7-4-3-5-8-18)33-26(35)34-11-6-9-19(17-34)25(38-12-10-32-27(36)37-2)20-14-22(28)24(30)23(29)15-20/h14-15,18-19,21,25,31H,3-13,16-17H2,1-2H3,(H,32,36)(H,33,35). The van der Waals surface area contributed by atoms with Crippen molar-refractivity contribution in [2.45, 2.75) is 63.5 Å². The monoisotopic (exact) mass is 542 g/mol. The quantitative estimate of drug-likeness (QED) is 0.283. The van der Waals surface area contributed by atoms with Gasteiger partial charge in [0.25, 0.3) is 0 Å². The van der Waals surface area contributed by atoms with E-state index in [0.717, 1.165) is 18.6 Å². The first-order chi connectivity index (χ1) is 18.3. The average Bonchev–Trinajstić information content (AvgIpc) is 2.92. The Bertz CT molecular complexity index is 893. The lowest BCUT2D eigenvalue weighted by Gasteiger charge is -2.38. The van der Waals surface area contributed by atoms with Crippen LogP contribution >= 0.6 is 0 Å². The van der Waals surface area contributed by atoms with Crippen LogP contribution in [0.5, 0.6) is 0 Å². The van der Waals surface area contributed by atoms with Gasteiger partial charge in [-0.2, -0.15) is 0 Å². The van der Waals surface area contributed by atoms with Crippen LogP contribution in [0.15, 0.2) is 12.1 Å². The number of ether oxygens (including phenoxy) is 2. The van der Waals surface area contributed by atoms with Gasteiger partial charge in [-0.05, 0) is 49.9 Å². The molecule has 3 rings (SSSR count). The van der Waals surface area contributed by atoms with Crippen molar-refractivity contribution in [3.05, 3.63) is 35.1 Å². The van der Waals surface area contributed by atoms with E-state index >= 15 is 0 Å². The Morgan fingerprint density at radius 2 is 1.79 bits per heavy atom. The Balaban J connectivity index is 1.68. The number of likely N-dealkylation sites (N-methyl/N-ethyl adjacent to an activating group) is 1. The van der Waals surface area contributed by atoms with E-state index < -0.39 is 29.6 Å². The molecule has 1 saturated heterocycles. The van der Waals surface area contributed by atoms with Crippen LogP contribution in [0.2, 0.25) is 0 Å². The lowest BCUT2D eigenvalue weighted by atomic mass is 9.85. The third-order valence-electron chi connectivity index (χ3n) is 7.48. The summed E-state index contributed by atoms with van der Waals surface area (Å²) < 4.78 is 52.3. The molecule has 1 saturated carbocycles. The molecule has 2 aliphatic rings. The highest BCUT2D eigenvalue weighted by atomic mass is 19.2. The second-order valence-corrected chi connectivity index (χ2v) is 10.3. The van der Waals surface area contributed by atoms with Gasteiger partial charge >= 0.3 is 12.1 Å². The van der Waals surface area contributed by atoms with Crippen LogP contribution in [0.4, 0.5) is 22.8 Å². The van der Waals surface area contributed by atoms with E-state index in [4.69, 9.17) is 4.74 Å². The molecule has 1 aliphatic carbocycles. The molecule has 214 valence electrons. The number of likely N-dealkylation sites (tertiary alicyclic amines) is 1. The number of methoxy groups -OCH3 is 1. The normalized spacial score (nSPS) is 20.0. The maximum absolute atomic E-state index is 14.1. The van der Waals surface area contributed by atoms with E-state index in [1.165, 1.54) is 39.2 Å². The van der Waals surface area contributed by atoms with Crippen LogP contribution in [0.1, 0.15) is 63.0 Å². The van der Waals surface area contributed by atoms with E-state index in [1.54, 1.807) is 4.90 Å². The number of urea groups is 1. The molecule has 2 fully saturated rings. The van der Waals surface area contributed by atoms with Crippen molar-refractivity contribution in [2.24, 2.45) is 11.8 Å². The first kappa shape index (κ1) is 30.0. The number of benzene rings is 1. The molecule has 3 atom stereocenters. The van der Waals surface area contributed by atoms with E-state index in [1.807, 2.05) is 7.05 Å². The van der Waals surface area contributed by atoms with Gasteiger partial charge in [-0.3, -0.25) is 0 Å². The molecule has 1 aromatic rings. The summed E-state index contributed by atoms with van der Waals surface area (Å²) in [6, 6.07) is 1.70. The molecule has 0 bridgehead atoms. The Labute approximate surface area is 223 Å². The van der Waals surface area contributed by atoms with Gasteiger partial charge in [-0.15, -0.1) is 0 Å². The fourth-order valence-corrected chi connectivity index (χ4v) is 5.63. The van der Waals surface area contributed by atoms with Gasteiger partial charge in [0.1, 0.15) is 0 Å². The van der Waals surface area contributed by atoms with Crippen LogP contribution in [0, 0.1) is 29.3 Å². The largest absolute Gasteiger partial charge is 0.453 e. The third-order valence-corrected chi connectivity index (χ3v) is 7.48. The van der Waals surface area contributed by atoms with E-state index in [9.17, 15) is 22.8 Å². The minimum atomic E-state index is -1.54. The highest BCUT2D eigenvalue weighted by Crippen LogP contribution is 2.34. The summed E-state index contributed by atoms with van der Waals surface area (Å²) in [5.74, 6) is -3.82. The van der Waals surface area contributed by atoms with Gasteiger partial charge in [0.2, 0.25) is 0 Å². The van der Waals surface area contributed by atoms with Gasteiger partial charge < -0.3 is 30.3 Å². The van der Waals surface area contributed by atoms with Crippen molar-refractivity contribution in [2.75, 3.05) is 46.9 Å². The molecule has 3 N–H and O–H groups in total. The number of piperidine rings is 1. The molecule has 11 heteroatoms. The van der Waals surface area contributed by atoms with Crippen molar-refractivity contribution in [1.82, 2.24) is 20.9 Å². The van der Waals surface area contributed by atoms with Gasteiger partial charge in [-0.1, -0.05) is 32.1 Å². The molecule has 0 aromatic heterocycles. The maximum atomic E-state index is 14.1. The molecule has 1 heterocycles. The SMILES string of the molecule is CNCC(CC1CCCCC1)NC(=O)N1CCCC(C(OCCNC(=O)OC)c2cc(F)c(F)c(F)c2)C1. The van der Waals surface area contributed by atoms with E-state index in [-0.39, 0.29) is 36.7 Å². The molecule has 1 aliphatic heterocycles. The first-order valence-electron chi connectivity index (χ1n) is 13.6. The van der Waals surface area contributed by atoms with Crippen molar-refractivity contribution in [3.63, 3.8) is 0 Å². The number of carbonyl (C=O) groups excluding carboxylic acids is 2. The lowest BCUT2D eigenvalue weighted by Crippen LogP contribution is -2.52. The number of alkyl carbamates (subject to hydrolysis) is 1. The number of halogens is 3. The first-order valence-corrected chi connectivity index (χ1v) is 13.6. The van der Waals surface area contributed by atoms with Crippen molar-refractivity contribution >= 4 is 12.1 Å². The van der Waals surface area contributed by atoms with Gasteiger partial charge in [0.05, 0.1) is 19.8 Å². The summed E-state index contributed by atoms with van der Waals surface area (Å²) in [6.07, 6.45) is 6.96. The number of carbonyl (C=O) groups is 2. The van der Waals surface area contributed by atoms with Gasteiger partial charge in [-0.25, -0.2) is 22.8 Å². The number of hydrogen-bond donors (Lipinski definition) is 3. The maximum Gasteiger partial charge on any atom is 0.406 e. The fraction of sp³-hybridized carbons (Fsp3) is 0.704. The molecule has 1 aromatic carbocycles. The van der Waals surface area contributed by atoms with Crippen molar-refractivity contribution in [3.8, 4) is 0 Å². The topological polar surface area (TPSA) is 91.9 Å². The van der Waals surface area contributed by atoms with Crippen molar-refractivity contribution in [1.29, 1.82) is 0 Å². The zero-order valence-corrected chi connectivity index (χ0v) is 22.4. The molecule has 3 unspecified atom stereocenters. The van der Waals surface area contributed by atoms with Crippen LogP contribution in [-0.2, 0) is 9.47 Å². The second kappa shape index (κ2) is 15.2. The zero-order chi connectivity index (χ0) is 27.5.